The van der Waals surface area contributed by atoms with E-state index in [0.717, 1.165) is 5.56 Å². The normalized spacial score (nSPS) is 18.5. The molecule has 0 saturated carbocycles. The van der Waals surface area contributed by atoms with Gasteiger partial charge in [0.25, 0.3) is 5.91 Å². The standard InChI is InChI=1S/C12H13N3O2/c1-9(16)14-11-7-13-15(12(11)17)8-10-5-3-2-4-6-10/h2-7,11H,8H2,1H3,(H,14,16). The molecule has 5 nitrogen and oxygen atoms in total. The Kier molecular flexibility index (Phi) is 3.18. The van der Waals surface area contributed by atoms with Crippen LogP contribution >= 0.6 is 0 Å². The quantitative estimate of drug-likeness (QED) is 0.824. The zero-order chi connectivity index (χ0) is 12.3. The maximum atomic E-state index is 11.8. The highest BCUT2D eigenvalue weighted by atomic mass is 16.2. The monoisotopic (exact) mass is 231 g/mol. The van der Waals surface area contributed by atoms with Crippen LogP contribution in [0.2, 0.25) is 0 Å². The molecule has 88 valence electrons. The van der Waals surface area contributed by atoms with E-state index in [1.807, 2.05) is 30.3 Å². The fourth-order valence-electron chi connectivity index (χ4n) is 1.62. The molecule has 1 aliphatic heterocycles. The van der Waals surface area contributed by atoms with E-state index in [0.29, 0.717) is 6.54 Å². The van der Waals surface area contributed by atoms with Crippen LogP contribution in [0.5, 0.6) is 0 Å². The minimum absolute atomic E-state index is 0.205. The van der Waals surface area contributed by atoms with Crippen molar-refractivity contribution in [1.82, 2.24) is 10.3 Å². The maximum Gasteiger partial charge on any atom is 0.271 e. The van der Waals surface area contributed by atoms with Gasteiger partial charge in [0.15, 0.2) is 0 Å². The first kappa shape index (κ1) is 11.3. The number of carbonyl (C=O) groups excluding carboxylic acids is 2. The smallest absolute Gasteiger partial charge is 0.271 e. The van der Waals surface area contributed by atoms with Crippen molar-refractivity contribution in [1.29, 1.82) is 0 Å². The Morgan fingerprint density at radius 3 is 2.76 bits per heavy atom. The van der Waals surface area contributed by atoms with Gasteiger partial charge in [0.2, 0.25) is 5.91 Å². The molecule has 1 aromatic rings. The first-order valence-corrected chi connectivity index (χ1v) is 5.33. The molecule has 1 aromatic carbocycles. The topological polar surface area (TPSA) is 61.8 Å². The number of carbonyl (C=O) groups is 2. The van der Waals surface area contributed by atoms with Crippen molar-refractivity contribution in [3.63, 3.8) is 0 Å². The molecule has 0 spiro atoms. The van der Waals surface area contributed by atoms with Gasteiger partial charge in [0.05, 0.1) is 12.8 Å². The van der Waals surface area contributed by atoms with Gasteiger partial charge >= 0.3 is 0 Å². The van der Waals surface area contributed by atoms with E-state index < -0.39 is 6.04 Å². The van der Waals surface area contributed by atoms with E-state index in [1.165, 1.54) is 18.1 Å². The molecule has 0 radical (unpaired) electrons. The third-order valence-corrected chi connectivity index (χ3v) is 2.41. The van der Waals surface area contributed by atoms with Crippen molar-refractivity contribution in [2.75, 3.05) is 0 Å². The summed E-state index contributed by atoms with van der Waals surface area (Å²) in [6, 6.07) is 8.95. The van der Waals surface area contributed by atoms with Gasteiger partial charge in [-0.25, -0.2) is 5.01 Å². The predicted octanol–water partition coefficient (Wildman–Crippen LogP) is 0.519. The Morgan fingerprint density at radius 2 is 2.12 bits per heavy atom. The van der Waals surface area contributed by atoms with Gasteiger partial charge < -0.3 is 5.32 Å². The van der Waals surface area contributed by atoms with Crippen LogP contribution in [0, 0.1) is 0 Å². The van der Waals surface area contributed by atoms with Crippen LogP contribution in [0.25, 0.3) is 0 Å². The van der Waals surface area contributed by atoms with Crippen LogP contribution in [0.3, 0.4) is 0 Å². The SMILES string of the molecule is CC(=O)NC1C=NN(Cc2ccccc2)C1=O. The molecule has 1 heterocycles. The second-order valence-corrected chi connectivity index (χ2v) is 3.82. The van der Waals surface area contributed by atoms with E-state index in [-0.39, 0.29) is 11.8 Å². The summed E-state index contributed by atoms with van der Waals surface area (Å²) in [6.45, 7) is 1.80. The number of hydrogen-bond acceptors (Lipinski definition) is 3. The number of amides is 2. The third-order valence-electron chi connectivity index (χ3n) is 2.41. The minimum Gasteiger partial charge on any atom is -0.340 e. The van der Waals surface area contributed by atoms with Gasteiger partial charge in [-0.15, -0.1) is 0 Å². The van der Waals surface area contributed by atoms with Crippen molar-refractivity contribution in [2.24, 2.45) is 5.10 Å². The van der Waals surface area contributed by atoms with Crippen LogP contribution < -0.4 is 5.32 Å². The van der Waals surface area contributed by atoms with E-state index in [4.69, 9.17) is 0 Å². The van der Waals surface area contributed by atoms with E-state index in [9.17, 15) is 9.59 Å². The molecule has 0 fully saturated rings. The molecule has 1 unspecified atom stereocenters. The molecular formula is C12H13N3O2. The summed E-state index contributed by atoms with van der Waals surface area (Å²) in [5, 5.41) is 7.88. The number of nitrogens with zero attached hydrogens (tertiary/aromatic N) is 2. The van der Waals surface area contributed by atoms with Gasteiger partial charge in [-0.3, -0.25) is 9.59 Å². The van der Waals surface area contributed by atoms with Crippen LogP contribution in [-0.4, -0.2) is 29.1 Å². The van der Waals surface area contributed by atoms with Gasteiger partial charge in [-0.1, -0.05) is 30.3 Å². The maximum absolute atomic E-state index is 11.8. The lowest BCUT2D eigenvalue weighted by molar-refractivity contribution is -0.133. The molecule has 0 aliphatic carbocycles. The van der Waals surface area contributed by atoms with Crippen LogP contribution in [-0.2, 0) is 16.1 Å². The largest absolute Gasteiger partial charge is 0.340 e. The Hall–Kier alpha value is -2.17. The van der Waals surface area contributed by atoms with Crippen LogP contribution in [0.4, 0.5) is 0 Å². The summed E-state index contributed by atoms with van der Waals surface area (Å²) in [5.74, 6) is -0.444. The average molecular weight is 231 g/mol. The molecule has 2 amide bonds. The summed E-state index contributed by atoms with van der Waals surface area (Å²) >= 11 is 0. The summed E-state index contributed by atoms with van der Waals surface area (Å²) < 4.78 is 0. The van der Waals surface area contributed by atoms with Gasteiger partial charge in [-0.2, -0.15) is 5.10 Å². The molecule has 0 aromatic heterocycles. The Balaban J connectivity index is 1.99. The molecule has 1 aliphatic rings. The molecule has 0 bridgehead atoms. The summed E-state index contributed by atoms with van der Waals surface area (Å²) in [7, 11) is 0. The second kappa shape index (κ2) is 4.78. The fraction of sp³-hybridized carbons (Fsp3) is 0.250. The fourth-order valence-corrected chi connectivity index (χ4v) is 1.62. The molecule has 17 heavy (non-hydrogen) atoms. The lowest BCUT2D eigenvalue weighted by Gasteiger charge is -2.14. The van der Waals surface area contributed by atoms with Gasteiger partial charge in [0, 0.05) is 6.92 Å². The molecule has 1 N–H and O–H groups in total. The number of hydrazone groups is 1. The Bertz CT molecular complexity index is 456. The molecule has 0 saturated heterocycles. The first-order chi connectivity index (χ1) is 8.16. The lowest BCUT2D eigenvalue weighted by atomic mass is 10.2. The summed E-state index contributed by atoms with van der Waals surface area (Å²) in [5.41, 5.74) is 1.00. The van der Waals surface area contributed by atoms with Gasteiger partial charge in [0.1, 0.15) is 6.04 Å². The minimum atomic E-state index is -0.629. The Morgan fingerprint density at radius 1 is 1.41 bits per heavy atom. The van der Waals surface area contributed by atoms with Crippen LogP contribution in [0.1, 0.15) is 12.5 Å². The Labute approximate surface area is 99.1 Å². The highest BCUT2D eigenvalue weighted by Gasteiger charge is 2.28. The van der Waals surface area contributed by atoms with Crippen molar-refractivity contribution in [3.05, 3.63) is 35.9 Å². The molecule has 5 heteroatoms. The highest BCUT2D eigenvalue weighted by Crippen LogP contribution is 2.10. The highest BCUT2D eigenvalue weighted by molar-refractivity contribution is 6.03. The zero-order valence-electron chi connectivity index (χ0n) is 9.46. The van der Waals surface area contributed by atoms with E-state index in [2.05, 4.69) is 10.4 Å². The lowest BCUT2D eigenvalue weighted by Crippen LogP contribution is -2.42. The average Bonchev–Trinajstić information content (AvgIpc) is 2.62. The van der Waals surface area contributed by atoms with E-state index >= 15 is 0 Å². The first-order valence-electron chi connectivity index (χ1n) is 5.33. The van der Waals surface area contributed by atoms with Gasteiger partial charge in [-0.05, 0) is 5.56 Å². The van der Waals surface area contributed by atoms with E-state index in [1.54, 1.807) is 0 Å². The van der Waals surface area contributed by atoms with Crippen molar-refractivity contribution in [3.8, 4) is 0 Å². The number of benzene rings is 1. The summed E-state index contributed by atoms with van der Waals surface area (Å²) in [6.07, 6.45) is 1.45. The van der Waals surface area contributed by atoms with Crippen molar-refractivity contribution < 1.29 is 9.59 Å². The predicted molar refractivity (Wildman–Crippen MR) is 63.1 cm³/mol. The zero-order valence-corrected chi connectivity index (χ0v) is 9.46. The van der Waals surface area contributed by atoms with Crippen molar-refractivity contribution >= 4 is 18.0 Å². The summed E-state index contributed by atoms with van der Waals surface area (Å²) in [4.78, 5) is 22.7. The number of rotatable bonds is 3. The number of nitrogens with one attached hydrogen (secondary N) is 1. The number of hydrogen-bond donors (Lipinski definition) is 1. The molecule has 2 rings (SSSR count). The van der Waals surface area contributed by atoms with Crippen LogP contribution in [0.15, 0.2) is 35.4 Å². The third kappa shape index (κ3) is 2.69. The van der Waals surface area contributed by atoms with Crippen molar-refractivity contribution in [2.45, 2.75) is 19.5 Å². The molecular weight excluding hydrogens is 218 g/mol. The molecule has 1 atom stereocenters. The second-order valence-electron chi connectivity index (χ2n) is 3.82.